The molecular formula is C31H47ClFN5O4Si2. The third-order valence-electron chi connectivity index (χ3n) is 8.16. The fourth-order valence-electron chi connectivity index (χ4n) is 5.32. The summed E-state index contributed by atoms with van der Waals surface area (Å²) >= 11 is 6.07. The van der Waals surface area contributed by atoms with E-state index in [4.69, 9.17) is 31.2 Å². The van der Waals surface area contributed by atoms with Crippen molar-refractivity contribution in [3.05, 3.63) is 41.4 Å². The minimum atomic E-state index is -1.84. The molecule has 1 saturated carbocycles. The second kappa shape index (κ2) is 14.8. The molecule has 1 unspecified atom stereocenters. The number of hydrogen-bond donors (Lipinski definition) is 1. The average molecular weight is 664 g/mol. The Hall–Kier alpha value is -2.39. The fourth-order valence-corrected chi connectivity index (χ4v) is 6.95. The number of aliphatic carboxylic acids is 1. The standard InChI is InChI=1S/C31H47ClFN5O4Si2/c1-43(2,3)15-13-41-20-37(21-42-14-16-44(4,5)6)28-17-26(22-7-9-23(10-8-22)29(33)31(39)40)36-30-25(19-35-38(28)30)24-11-12-27(32)34-18-24/h11-12,17-19,22-23,29H,7-10,13-16,20-21H2,1-6H3,(H,39,40). The van der Waals surface area contributed by atoms with E-state index < -0.39 is 34.2 Å². The van der Waals surface area contributed by atoms with E-state index in [9.17, 15) is 14.3 Å². The molecule has 0 spiro atoms. The third-order valence-corrected chi connectivity index (χ3v) is 11.8. The molecule has 13 heteroatoms. The maximum absolute atomic E-state index is 14.3. The van der Waals surface area contributed by atoms with Crippen LogP contribution in [0.3, 0.4) is 0 Å². The molecule has 3 aromatic rings. The van der Waals surface area contributed by atoms with Gasteiger partial charge in [0.1, 0.15) is 24.4 Å². The van der Waals surface area contributed by atoms with Crippen molar-refractivity contribution in [1.29, 1.82) is 0 Å². The van der Waals surface area contributed by atoms with Crippen LogP contribution in [0.4, 0.5) is 10.2 Å². The van der Waals surface area contributed by atoms with Crippen molar-refractivity contribution in [3.63, 3.8) is 0 Å². The normalized spacial score (nSPS) is 18.5. The quantitative estimate of drug-likeness (QED) is 0.0769. The zero-order valence-electron chi connectivity index (χ0n) is 26.9. The van der Waals surface area contributed by atoms with E-state index in [0.29, 0.717) is 63.2 Å². The molecule has 1 aliphatic carbocycles. The summed E-state index contributed by atoms with van der Waals surface area (Å²) in [6.07, 6.45) is 3.97. The summed E-state index contributed by atoms with van der Waals surface area (Å²) in [7, 11) is -2.54. The number of hydrogen-bond acceptors (Lipinski definition) is 7. The number of ether oxygens (including phenoxy) is 2. The van der Waals surface area contributed by atoms with E-state index in [1.807, 2.05) is 16.6 Å². The fraction of sp³-hybridized carbons (Fsp3) is 0.613. The van der Waals surface area contributed by atoms with Gasteiger partial charge in [-0.3, -0.25) is 0 Å². The maximum Gasteiger partial charge on any atom is 0.338 e. The van der Waals surface area contributed by atoms with Gasteiger partial charge in [-0.05, 0) is 49.9 Å². The molecule has 1 aliphatic rings. The molecule has 4 rings (SSSR count). The van der Waals surface area contributed by atoms with E-state index >= 15 is 0 Å². The van der Waals surface area contributed by atoms with Gasteiger partial charge in [0, 0.05) is 70.3 Å². The number of carboxylic acids is 1. The van der Waals surface area contributed by atoms with Gasteiger partial charge in [-0.2, -0.15) is 9.61 Å². The van der Waals surface area contributed by atoms with E-state index in [1.54, 1.807) is 18.5 Å². The van der Waals surface area contributed by atoms with Gasteiger partial charge in [0.15, 0.2) is 11.8 Å². The molecule has 0 aliphatic heterocycles. The monoisotopic (exact) mass is 663 g/mol. The molecule has 3 aromatic heterocycles. The number of rotatable bonds is 15. The van der Waals surface area contributed by atoms with E-state index in [-0.39, 0.29) is 5.92 Å². The lowest BCUT2D eigenvalue weighted by Crippen LogP contribution is -2.33. The molecular weight excluding hydrogens is 617 g/mol. The van der Waals surface area contributed by atoms with Gasteiger partial charge in [-0.25, -0.2) is 19.2 Å². The van der Waals surface area contributed by atoms with E-state index in [0.717, 1.165) is 34.7 Å². The molecule has 0 amide bonds. The Morgan fingerprint density at radius 1 is 1.05 bits per heavy atom. The van der Waals surface area contributed by atoms with Crippen molar-refractivity contribution >= 4 is 45.2 Å². The largest absolute Gasteiger partial charge is 0.479 e. The van der Waals surface area contributed by atoms with E-state index in [2.05, 4.69) is 49.2 Å². The number of carbonyl (C=O) groups is 1. The number of nitrogens with zero attached hydrogens (tertiary/aromatic N) is 5. The predicted octanol–water partition coefficient (Wildman–Crippen LogP) is 7.57. The first-order valence-corrected chi connectivity index (χ1v) is 23.3. The Balaban J connectivity index is 1.69. The van der Waals surface area contributed by atoms with Gasteiger partial charge < -0.3 is 19.5 Å². The first kappa shape index (κ1) is 34.5. The van der Waals surface area contributed by atoms with Crippen LogP contribution in [0.1, 0.15) is 37.3 Å². The molecule has 9 nitrogen and oxygen atoms in total. The van der Waals surface area contributed by atoms with Crippen molar-refractivity contribution in [2.75, 3.05) is 31.6 Å². The van der Waals surface area contributed by atoms with E-state index in [1.165, 1.54) is 0 Å². The van der Waals surface area contributed by atoms with Crippen LogP contribution in [-0.2, 0) is 14.3 Å². The van der Waals surface area contributed by atoms with Crippen molar-refractivity contribution in [1.82, 2.24) is 19.6 Å². The third kappa shape index (κ3) is 9.56. The molecule has 1 fully saturated rings. The van der Waals surface area contributed by atoms with Gasteiger partial charge in [-0.15, -0.1) is 0 Å². The van der Waals surface area contributed by atoms with Crippen LogP contribution in [0.2, 0.25) is 56.5 Å². The Morgan fingerprint density at radius 2 is 1.66 bits per heavy atom. The summed E-state index contributed by atoms with van der Waals surface area (Å²) in [5.41, 5.74) is 3.20. The number of anilines is 1. The zero-order chi connectivity index (χ0) is 32.1. The first-order valence-electron chi connectivity index (χ1n) is 15.5. The van der Waals surface area contributed by atoms with Crippen molar-refractivity contribution < 1.29 is 23.8 Å². The van der Waals surface area contributed by atoms with Crippen LogP contribution >= 0.6 is 11.6 Å². The molecule has 0 bridgehead atoms. The lowest BCUT2D eigenvalue weighted by Gasteiger charge is -2.30. The molecule has 44 heavy (non-hydrogen) atoms. The molecule has 3 heterocycles. The highest BCUT2D eigenvalue weighted by Crippen LogP contribution is 2.39. The average Bonchev–Trinajstić information content (AvgIpc) is 3.39. The first-order chi connectivity index (χ1) is 20.7. The van der Waals surface area contributed by atoms with Crippen LogP contribution in [0.15, 0.2) is 30.6 Å². The summed E-state index contributed by atoms with van der Waals surface area (Å²) < 4.78 is 28.6. The molecule has 242 valence electrons. The summed E-state index contributed by atoms with van der Waals surface area (Å²) in [5.74, 6) is -0.997. The van der Waals surface area contributed by atoms with Crippen molar-refractivity contribution in [3.8, 4) is 11.1 Å². The van der Waals surface area contributed by atoms with Crippen LogP contribution in [0, 0.1) is 5.92 Å². The molecule has 1 N–H and O–H groups in total. The Kier molecular flexibility index (Phi) is 11.6. The highest BCUT2D eigenvalue weighted by Gasteiger charge is 2.33. The topological polar surface area (TPSA) is 102 Å². The van der Waals surface area contributed by atoms with Crippen LogP contribution in [-0.4, -0.2) is 79.7 Å². The summed E-state index contributed by atoms with van der Waals surface area (Å²) in [5, 5.41) is 14.4. The van der Waals surface area contributed by atoms with Crippen LogP contribution < -0.4 is 4.90 Å². The van der Waals surface area contributed by atoms with Crippen molar-refractivity contribution in [2.24, 2.45) is 5.92 Å². The minimum absolute atomic E-state index is 0.0598. The highest BCUT2D eigenvalue weighted by atomic mass is 35.5. The zero-order valence-corrected chi connectivity index (χ0v) is 29.6. The maximum atomic E-state index is 14.3. The SMILES string of the molecule is C[Si](C)(C)CCOCN(COCC[Si](C)(C)C)c1cc(C2CCC(C(F)C(=O)O)CC2)nc2c(-c3ccc(Cl)nc3)cnn12. The second-order valence-corrected chi connectivity index (χ2v) is 25.9. The second-order valence-electron chi connectivity index (χ2n) is 14.3. The van der Waals surface area contributed by atoms with Crippen molar-refractivity contribution in [2.45, 2.75) is 89.1 Å². The van der Waals surface area contributed by atoms with Gasteiger partial charge >= 0.3 is 5.97 Å². The highest BCUT2D eigenvalue weighted by molar-refractivity contribution is 6.76. The number of aromatic nitrogens is 4. The van der Waals surface area contributed by atoms with Gasteiger partial charge in [-0.1, -0.05) is 50.9 Å². The lowest BCUT2D eigenvalue weighted by atomic mass is 9.78. The number of alkyl halides is 1. The summed E-state index contributed by atoms with van der Waals surface area (Å²) in [6.45, 7) is 16.0. The molecule has 0 saturated heterocycles. The smallest absolute Gasteiger partial charge is 0.338 e. The number of fused-ring (bicyclic) bond motifs is 1. The summed E-state index contributed by atoms with van der Waals surface area (Å²) in [4.78, 5) is 22.7. The van der Waals surface area contributed by atoms with Crippen LogP contribution in [0.5, 0.6) is 0 Å². The number of halogens is 2. The molecule has 0 radical (unpaired) electrons. The lowest BCUT2D eigenvalue weighted by molar-refractivity contribution is -0.145. The summed E-state index contributed by atoms with van der Waals surface area (Å²) in [6, 6.07) is 7.80. The Labute approximate surface area is 267 Å². The predicted molar refractivity (Wildman–Crippen MR) is 179 cm³/mol. The minimum Gasteiger partial charge on any atom is -0.479 e. The molecule has 0 aromatic carbocycles. The Bertz CT molecular complexity index is 1370. The number of pyridine rings is 1. The van der Waals surface area contributed by atoms with Gasteiger partial charge in [0.25, 0.3) is 0 Å². The number of carboxylic acid groups (broad SMARTS) is 1. The Morgan fingerprint density at radius 3 is 2.18 bits per heavy atom. The van der Waals surface area contributed by atoms with Crippen LogP contribution in [0.25, 0.3) is 16.8 Å². The van der Waals surface area contributed by atoms with Gasteiger partial charge in [0.05, 0.1) is 6.20 Å². The van der Waals surface area contributed by atoms with Gasteiger partial charge in [0.2, 0.25) is 0 Å². The molecule has 1 atom stereocenters.